The van der Waals surface area contributed by atoms with Crippen LogP contribution in [0.5, 0.6) is 0 Å². The van der Waals surface area contributed by atoms with Crippen molar-refractivity contribution in [1.29, 1.82) is 0 Å². The zero-order chi connectivity index (χ0) is 18.7. The summed E-state index contributed by atoms with van der Waals surface area (Å²) in [4.78, 5) is 17.1. The van der Waals surface area contributed by atoms with Crippen molar-refractivity contribution < 1.29 is 9.53 Å². The minimum atomic E-state index is -0.112. The van der Waals surface area contributed by atoms with Crippen molar-refractivity contribution in [2.75, 3.05) is 33.8 Å². The molecule has 3 heterocycles. The van der Waals surface area contributed by atoms with Crippen molar-refractivity contribution in [1.82, 2.24) is 29.4 Å². The molecule has 26 heavy (non-hydrogen) atoms. The lowest BCUT2D eigenvalue weighted by atomic mass is 9.99. The summed E-state index contributed by atoms with van der Waals surface area (Å²) >= 11 is 0. The average Bonchev–Trinajstić information content (AvgIpc) is 3.20. The number of amides is 1. The van der Waals surface area contributed by atoms with E-state index in [4.69, 9.17) is 4.74 Å². The number of aromatic nitrogens is 4. The number of morpholine rings is 1. The van der Waals surface area contributed by atoms with Crippen LogP contribution < -0.4 is 0 Å². The number of rotatable bonds is 6. The third-order valence-corrected chi connectivity index (χ3v) is 4.80. The predicted octanol–water partition coefficient (Wildman–Crippen LogP) is 0.617. The van der Waals surface area contributed by atoms with Gasteiger partial charge in [-0.05, 0) is 26.6 Å². The van der Waals surface area contributed by atoms with Gasteiger partial charge in [0.15, 0.2) is 0 Å². The number of ether oxygens (including phenoxy) is 1. The average molecular weight is 360 g/mol. The molecule has 0 unspecified atom stereocenters. The smallest absolute Gasteiger partial charge is 0.223 e. The van der Waals surface area contributed by atoms with Crippen LogP contribution in [0.1, 0.15) is 23.7 Å². The third kappa shape index (κ3) is 4.13. The van der Waals surface area contributed by atoms with Crippen molar-refractivity contribution in [3.05, 3.63) is 35.9 Å². The fourth-order valence-corrected chi connectivity index (χ4v) is 3.54. The summed E-state index contributed by atoms with van der Waals surface area (Å²) in [5.74, 6) is 0.145. The second-order valence-corrected chi connectivity index (χ2v) is 7.10. The van der Waals surface area contributed by atoms with Gasteiger partial charge in [-0.3, -0.25) is 14.2 Å². The van der Waals surface area contributed by atoms with Crippen LogP contribution in [0.15, 0.2) is 24.7 Å². The number of aryl methyl sites for hydroxylation is 3. The lowest BCUT2D eigenvalue weighted by molar-refractivity contribution is -0.148. The molecule has 3 rings (SSSR count). The SMILES string of the molecule is CN(C)C[C@@H]1OCCN(C(=O)CCc2ccnn2C)[C@H]1c1cnn(C)c1. The Balaban J connectivity index is 1.77. The summed E-state index contributed by atoms with van der Waals surface area (Å²) in [6.45, 7) is 1.92. The molecule has 1 aliphatic heterocycles. The first-order valence-electron chi connectivity index (χ1n) is 8.97. The highest BCUT2D eigenvalue weighted by Crippen LogP contribution is 2.30. The monoisotopic (exact) mass is 360 g/mol. The maximum Gasteiger partial charge on any atom is 0.223 e. The molecule has 0 aromatic carbocycles. The highest BCUT2D eigenvalue weighted by Gasteiger charge is 2.37. The van der Waals surface area contributed by atoms with Crippen molar-refractivity contribution in [3.63, 3.8) is 0 Å². The van der Waals surface area contributed by atoms with Crippen molar-refractivity contribution in [2.45, 2.75) is 25.0 Å². The highest BCUT2D eigenvalue weighted by molar-refractivity contribution is 5.77. The van der Waals surface area contributed by atoms with E-state index in [-0.39, 0.29) is 18.1 Å². The molecule has 1 fully saturated rings. The lowest BCUT2D eigenvalue weighted by Gasteiger charge is -2.42. The number of hydrogen-bond donors (Lipinski definition) is 0. The molecule has 0 saturated carbocycles. The Morgan fingerprint density at radius 3 is 2.77 bits per heavy atom. The lowest BCUT2D eigenvalue weighted by Crippen LogP contribution is -2.51. The summed E-state index contributed by atoms with van der Waals surface area (Å²) in [6.07, 6.45) is 6.66. The van der Waals surface area contributed by atoms with Crippen LogP contribution in [-0.4, -0.2) is 75.2 Å². The van der Waals surface area contributed by atoms with E-state index < -0.39 is 0 Å². The summed E-state index contributed by atoms with van der Waals surface area (Å²) < 4.78 is 9.62. The third-order valence-electron chi connectivity index (χ3n) is 4.80. The first-order valence-corrected chi connectivity index (χ1v) is 8.97. The van der Waals surface area contributed by atoms with Crippen LogP contribution in [0.4, 0.5) is 0 Å². The summed E-state index contributed by atoms with van der Waals surface area (Å²) in [7, 11) is 7.84. The topological polar surface area (TPSA) is 68.4 Å². The van der Waals surface area contributed by atoms with Gasteiger partial charge >= 0.3 is 0 Å². The Hall–Kier alpha value is -2.19. The van der Waals surface area contributed by atoms with Gasteiger partial charge in [0.2, 0.25) is 5.91 Å². The van der Waals surface area contributed by atoms with Crippen molar-refractivity contribution in [3.8, 4) is 0 Å². The van der Waals surface area contributed by atoms with E-state index in [1.807, 2.05) is 56.2 Å². The van der Waals surface area contributed by atoms with Gasteiger partial charge in [0.25, 0.3) is 0 Å². The number of carbonyl (C=O) groups is 1. The molecular formula is C18H28N6O2. The Bertz CT molecular complexity index is 738. The van der Waals surface area contributed by atoms with Gasteiger partial charge in [0.05, 0.1) is 24.9 Å². The molecule has 2 aromatic heterocycles. The number of nitrogens with zero attached hydrogens (tertiary/aromatic N) is 6. The van der Waals surface area contributed by atoms with Crippen LogP contribution in [-0.2, 0) is 30.0 Å². The molecular weight excluding hydrogens is 332 g/mol. The zero-order valence-electron chi connectivity index (χ0n) is 16.0. The zero-order valence-corrected chi connectivity index (χ0v) is 16.0. The Kier molecular flexibility index (Phi) is 5.73. The number of hydrogen-bond acceptors (Lipinski definition) is 5. The predicted molar refractivity (Wildman–Crippen MR) is 97.5 cm³/mol. The summed E-state index contributed by atoms with van der Waals surface area (Å²) in [6, 6.07) is 1.85. The molecule has 1 aliphatic rings. The second kappa shape index (κ2) is 8.01. The van der Waals surface area contributed by atoms with Gasteiger partial charge in [-0.25, -0.2) is 0 Å². The van der Waals surface area contributed by atoms with Crippen LogP contribution in [0.25, 0.3) is 0 Å². The fraction of sp³-hybridized carbons (Fsp3) is 0.611. The molecule has 1 amide bonds. The molecule has 142 valence electrons. The molecule has 0 aliphatic carbocycles. The second-order valence-electron chi connectivity index (χ2n) is 7.10. The van der Waals surface area contributed by atoms with E-state index in [2.05, 4.69) is 15.1 Å². The van der Waals surface area contributed by atoms with Gasteiger partial charge < -0.3 is 14.5 Å². The fourth-order valence-electron chi connectivity index (χ4n) is 3.54. The Labute approximate surface area is 154 Å². The van der Waals surface area contributed by atoms with Gasteiger partial charge in [-0.1, -0.05) is 0 Å². The van der Waals surface area contributed by atoms with Crippen molar-refractivity contribution in [2.24, 2.45) is 14.1 Å². The van der Waals surface area contributed by atoms with Gasteiger partial charge in [0.1, 0.15) is 0 Å². The molecule has 1 saturated heterocycles. The van der Waals surface area contributed by atoms with Crippen LogP contribution >= 0.6 is 0 Å². The first-order chi connectivity index (χ1) is 12.5. The van der Waals surface area contributed by atoms with Crippen LogP contribution in [0.3, 0.4) is 0 Å². The molecule has 2 aromatic rings. The maximum absolute atomic E-state index is 13.0. The summed E-state index contributed by atoms with van der Waals surface area (Å²) in [5, 5.41) is 8.47. The largest absolute Gasteiger partial charge is 0.373 e. The van der Waals surface area contributed by atoms with Gasteiger partial charge in [-0.15, -0.1) is 0 Å². The molecule has 2 atom stereocenters. The molecule has 8 nitrogen and oxygen atoms in total. The molecule has 0 spiro atoms. The van der Waals surface area contributed by atoms with Crippen LogP contribution in [0.2, 0.25) is 0 Å². The van der Waals surface area contributed by atoms with Gasteiger partial charge in [0, 0.05) is 57.3 Å². The molecule has 0 N–H and O–H groups in total. The quantitative estimate of drug-likeness (QED) is 0.755. The van der Waals surface area contributed by atoms with Gasteiger partial charge in [-0.2, -0.15) is 10.2 Å². The number of carbonyl (C=O) groups excluding carboxylic acids is 1. The van der Waals surface area contributed by atoms with Crippen molar-refractivity contribution >= 4 is 5.91 Å². The first kappa shape index (κ1) is 18.6. The standard InChI is InChI=1S/C18H28N6O2/c1-21(2)13-16-18(14-11-20-22(3)12-14)24(9-10-26-16)17(25)6-5-15-7-8-19-23(15)4/h7-8,11-12,16,18H,5-6,9-10,13H2,1-4H3/t16-,18-/m0/s1. The molecule has 8 heteroatoms. The van der Waals surface area contributed by atoms with E-state index >= 15 is 0 Å². The summed E-state index contributed by atoms with van der Waals surface area (Å²) in [5.41, 5.74) is 2.09. The highest BCUT2D eigenvalue weighted by atomic mass is 16.5. The minimum absolute atomic E-state index is 0.0661. The molecule has 0 radical (unpaired) electrons. The minimum Gasteiger partial charge on any atom is -0.373 e. The van der Waals surface area contributed by atoms with E-state index in [9.17, 15) is 4.79 Å². The Morgan fingerprint density at radius 2 is 2.15 bits per heavy atom. The normalized spacial score (nSPS) is 20.7. The van der Waals surface area contributed by atoms with Crippen LogP contribution in [0, 0.1) is 0 Å². The Morgan fingerprint density at radius 1 is 1.35 bits per heavy atom. The van der Waals surface area contributed by atoms with E-state index in [0.717, 1.165) is 17.8 Å². The van der Waals surface area contributed by atoms with E-state index in [0.29, 0.717) is 26.0 Å². The van der Waals surface area contributed by atoms with E-state index in [1.165, 1.54) is 0 Å². The maximum atomic E-state index is 13.0. The van der Waals surface area contributed by atoms with E-state index in [1.54, 1.807) is 10.9 Å². The number of likely N-dealkylation sites (N-methyl/N-ethyl adjacent to an activating group) is 1. The molecule has 0 bridgehead atoms.